The smallest absolute Gasteiger partial charge is 0.429 e. The second-order valence-electron chi connectivity index (χ2n) is 7.27. The van der Waals surface area contributed by atoms with E-state index in [-0.39, 0.29) is 24.7 Å². The lowest BCUT2D eigenvalue weighted by molar-refractivity contribution is -0.206. The van der Waals surface area contributed by atoms with Crippen molar-refractivity contribution >= 4 is 15.9 Å². The van der Waals surface area contributed by atoms with Crippen LogP contribution in [-0.4, -0.2) is 13.2 Å². The highest BCUT2D eigenvalue weighted by atomic mass is 79.9. The van der Waals surface area contributed by atoms with Gasteiger partial charge in [0.25, 0.3) is 0 Å². The fourth-order valence-corrected chi connectivity index (χ4v) is 3.77. The number of benzene rings is 2. The summed E-state index contributed by atoms with van der Waals surface area (Å²) in [4.78, 5) is 0. The van der Waals surface area contributed by atoms with E-state index in [9.17, 15) is 30.7 Å². The lowest BCUT2D eigenvalue weighted by Crippen LogP contribution is -2.28. The van der Waals surface area contributed by atoms with Crippen LogP contribution in [0.2, 0.25) is 0 Å². The van der Waals surface area contributed by atoms with Crippen molar-refractivity contribution in [3.63, 3.8) is 0 Å². The molecule has 32 heavy (non-hydrogen) atoms. The number of hydrogen-bond acceptors (Lipinski definition) is 3. The van der Waals surface area contributed by atoms with E-state index in [0.717, 1.165) is 25.0 Å². The Morgan fingerprint density at radius 2 is 1.59 bits per heavy atom. The summed E-state index contributed by atoms with van der Waals surface area (Å²) < 4.78 is 112. The number of alkyl halides is 5. The van der Waals surface area contributed by atoms with Gasteiger partial charge in [0.05, 0.1) is 18.8 Å². The first-order chi connectivity index (χ1) is 14.9. The molecule has 3 nitrogen and oxygen atoms in total. The van der Waals surface area contributed by atoms with E-state index in [0.29, 0.717) is 18.2 Å². The maximum Gasteiger partial charge on any atom is 0.432 e. The molecule has 0 aromatic heterocycles. The van der Waals surface area contributed by atoms with Crippen LogP contribution in [0.1, 0.15) is 42.7 Å². The SMILES string of the molecule is CCCC1COC(c2cc(F)c(C(F)(F)Oc3ccc(Br)c(C(F)(F)F)c3)c(F)c2)OC1. The molecule has 1 saturated heterocycles. The molecule has 0 bridgehead atoms. The molecule has 2 aromatic rings. The van der Waals surface area contributed by atoms with Gasteiger partial charge in [-0.1, -0.05) is 29.3 Å². The van der Waals surface area contributed by atoms with Crippen LogP contribution >= 0.6 is 15.9 Å². The van der Waals surface area contributed by atoms with Gasteiger partial charge < -0.3 is 14.2 Å². The number of rotatable bonds is 6. The summed E-state index contributed by atoms with van der Waals surface area (Å²) in [7, 11) is 0. The van der Waals surface area contributed by atoms with E-state index < -0.39 is 51.6 Å². The normalized spacial score (nSPS) is 19.8. The van der Waals surface area contributed by atoms with Crippen molar-refractivity contribution in [1.82, 2.24) is 0 Å². The van der Waals surface area contributed by atoms with Crippen LogP contribution in [0, 0.1) is 17.6 Å². The molecule has 0 unspecified atom stereocenters. The molecule has 0 aliphatic carbocycles. The van der Waals surface area contributed by atoms with Crippen molar-refractivity contribution in [3.05, 3.63) is 63.1 Å². The van der Waals surface area contributed by atoms with Gasteiger partial charge in [-0.3, -0.25) is 0 Å². The van der Waals surface area contributed by atoms with Crippen LogP contribution in [-0.2, 0) is 21.8 Å². The van der Waals surface area contributed by atoms with Crippen LogP contribution in [0.4, 0.5) is 30.7 Å². The Bertz CT molecular complexity index is 934. The number of ether oxygens (including phenoxy) is 3. The summed E-state index contributed by atoms with van der Waals surface area (Å²) in [6, 6.07) is 3.21. The first-order valence-corrected chi connectivity index (χ1v) is 10.4. The molecule has 0 atom stereocenters. The van der Waals surface area contributed by atoms with E-state index in [4.69, 9.17) is 9.47 Å². The average Bonchev–Trinajstić information content (AvgIpc) is 2.68. The second-order valence-corrected chi connectivity index (χ2v) is 8.13. The molecule has 176 valence electrons. The third-order valence-electron chi connectivity index (χ3n) is 4.78. The highest BCUT2D eigenvalue weighted by Gasteiger charge is 2.42. The van der Waals surface area contributed by atoms with Crippen LogP contribution < -0.4 is 4.74 Å². The molecule has 11 heteroatoms. The van der Waals surface area contributed by atoms with Crippen LogP contribution in [0.25, 0.3) is 0 Å². The van der Waals surface area contributed by atoms with Gasteiger partial charge in [-0.25, -0.2) is 8.78 Å². The van der Waals surface area contributed by atoms with E-state index in [1.807, 2.05) is 6.92 Å². The molecule has 1 fully saturated rings. The van der Waals surface area contributed by atoms with Crippen LogP contribution in [0.5, 0.6) is 5.75 Å². The van der Waals surface area contributed by atoms with E-state index in [1.54, 1.807) is 0 Å². The Hall–Kier alpha value is -1.85. The van der Waals surface area contributed by atoms with Crippen molar-refractivity contribution in [2.75, 3.05) is 13.2 Å². The average molecular weight is 531 g/mol. The Morgan fingerprint density at radius 3 is 2.12 bits per heavy atom. The zero-order valence-electron chi connectivity index (χ0n) is 16.6. The highest BCUT2D eigenvalue weighted by Crippen LogP contribution is 2.41. The minimum Gasteiger partial charge on any atom is -0.429 e. The fraction of sp³-hybridized carbons (Fsp3) is 0.429. The maximum absolute atomic E-state index is 14.5. The number of halogens is 8. The van der Waals surface area contributed by atoms with E-state index in [1.165, 1.54) is 0 Å². The minimum atomic E-state index is -4.86. The quantitative estimate of drug-likeness (QED) is 0.366. The fourth-order valence-electron chi connectivity index (χ4n) is 3.30. The zero-order valence-corrected chi connectivity index (χ0v) is 18.2. The summed E-state index contributed by atoms with van der Waals surface area (Å²) in [5.41, 5.74) is -3.16. The topological polar surface area (TPSA) is 27.7 Å². The third kappa shape index (κ3) is 5.55. The Kier molecular flexibility index (Phi) is 7.41. The summed E-state index contributed by atoms with van der Waals surface area (Å²) in [6.45, 7) is 2.55. The summed E-state index contributed by atoms with van der Waals surface area (Å²) in [6.07, 6.45) is -8.84. The van der Waals surface area contributed by atoms with Crippen molar-refractivity contribution in [2.45, 2.75) is 38.3 Å². The minimum absolute atomic E-state index is 0.121. The molecule has 0 amide bonds. The van der Waals surface area contributed by atoms with Crippen molar-refractivity contribution in [3.8, 4) is 5.75 Å². The molecule has 1 aliphatic rings. The Morgan fingerprint density at radius 1 is 1.00 bits per heavy atom. The van der Waals surface area contributed by atoms with Crippen molar-refractivity contribution in [2.24, 2.45) is 5.92 Å². The summed E-state index contributed by atoms with van der Waals surface area (Å²) in [5.74, 6) is -4.10. The molecule has 3 rings (SSSR count). The molecule has 1 heterocycles. The van der Waals surface area contributed by atoms with Gasteiger partial charge >= 0.3 is 12.3 Å². The molecular formula is C21H18BrF7O3. The van der Waals surface area contributed by atoms with Crippen LogP contribution in [0.3, 0.4) is 0 Å². The largest absolute Gasteiger partial charge is 0.432 e. The standard InChI is InChI=1S/C21H18BrF7O3/c1-2-3-11-9-30-19(31-10-11)12-6-16(23)18(17(24)7-12)21(28,29)32-13-4-5-15(22)14(8-13)20(25,26)27/h4-8,11,19H,2-3,9-10H2,1H3. The van der Waals surface area contributed by atoms with E-state index >= 15 is 0 Å². The lowest BCUT2D eigenvalue weighted by atomic mass is 10.0. The molecular weight excluding hydrogens is 513 g/mol. The van der Waals surface area contributed by atoms with Gasteiger partial charge in [0, 0.05) is 16.0 Å². The van der Waals surface area contributed by atoms with Gasteiger partial charge in [0.1, 0.15) is 22.9 Å². The monoisotopic (exact) mass is 530 g/mol. The predicted molar refractivity (Wildman–Crippen MR) is 103 cm³/mol. The van der Waals surface area contributed by atoms with Gasteiger partial charge in [-0.15, -0.1) is 0 Å². The molecule has 0 spiro atoms. The molecule has 0 saturated carbocycles. The summed E-state index contributed by atoms with van der Waals surface area (Å²) in [5, 5.41) is 0. The maximum atomic E-state index is 14.5. The molecule has 0 N–H and O–H groups in total. The lowest BCUT2D eigenvalue weighted by Gasteiger charge is -2.30. The van der Waals surface area contributed by atoms with Crippen LogP contribution in [0.15, 0.2) is 34.8 Å². The van der Waals surface area contributed by atoms with Gasteiger partial charge in [0.2, 0.25) is 0 Å². The zero-order chi connectivity index (χ0) is 23.7. The highest BCUT2D eigenvalue weighted by molar-refractivity contribution is 9.10. The van der Waals surface area contributed by atoms with Gasteiger partial charge in [-0.05, 0) is 36.8 Å². The number of hydrogen-bond donors (Lipinski definition) is 0. The first kappa shape index (κ1) is 24.8. The van der Waals surface area contributed by atoms with Crippen molar-refractivity contribution in [1.29, 1.82) is 0 Å². The van der Waals surface area contributed by atoms with Crippen molar-refractivity contribution < 1.29 is 44.9 Å². The van der Waals surface area contributed by atoms with Gasteiger partial charge in [-0.2, -0.15) is 22.0 Å². The van der Waals surface area contributed by atoms with E-state index in [2.05, 4.69) is 20.7 Å². The second kappa shape index (κ2) is 9.56. The molecule has 0 radical (unpaired) electrons. The molecule has 2 aromatic carbocycles. The summed E-state index contributed by atoms with van der Waals surface area (Å²) >= 11 is 2.67. The first-order valence-electron chi connectivity index (χ1n) is 9.58. The Labute approximate surface area is 187 Å². The predicted octanol–water partition coefficient (Wildman–Crippen LogP) is 7.34. The molecule has 1 aliphatic heterocycles. The Balaban J connectivity index is 1.83. The van der Waals surface area contributed by atoms with Gasteiger partial charge in [0.15, 0.2) is 6.29 Å². The third-order valence-corrected chi connectivity index (χ3v) is 5.47.